The number of aliphatic hydroxyl groups excluding tert-OH is 1. The molecule has 4 rings (SSSR count). The Kier molecular flexibility index (Phi) is 6.40. The van der Waals surface area contributed by atoms with E-state index in [1.165, 1.54) is 17.0 Å². The van der Waals surface area contributed by atoms with E-state index in [0.717, 1.165) is 11.1 Å². The summed E-state index contributed by atoms with van der Waals surface area (Å²) in [5.74, 6) is -1.65. The fraction of sp³-hybridized carbons (Fsp3) is 0.192. The average Bonchev–Trinajstić information content (AvgIpc) is 3.08. The summed E-state index contributed by atoms with van der Waals surface area (Å²) < 4.78 is 13.2. The Morgan fingerprint density at radius 3 is 2.28 bits per heavy atom. The van der Waals surface area contributed by atoms with Gasteiger partial charge in [-0.3, -0.25) is 14.6 Å². The number of carbonyl (C=O) groups excluding carboxylic acids is 2. The second kappa shape index (κ2) is 9.56. The van der Waals surface area contributed by atoms with Crippen LogP contribution in [0.3, 0.4) is 0 Å². The zero-order valence-electron chi connectivity index (χ0n) is 17.4. The number of hydrogen-bond acceptors (Lipinski definition) is 4. The molecule has 0 spiro atoms. The molecule has 162 valence electrons. The molecular weight excluding hydrogens is 407 g/mol. The molecule has 1 aromatic heterocycles. The van der Waals surface area contributed by atoms with Crippen LogP contribution in [0.4, 0.5) is 4.39 Å². The Balaban J connectivity index is 1.58. The number of benzene rings is 2. The van der Waals surface area contributed by atoms with Gasteiger partial charge in [0.2, 0.25) is 0 Å². The van der Waals surface area contributed by atoms with Gasteiger partial charge >= 0.3 is 0 Å². The molecule has 1 amide bonds. The number of rotatable bonds is 8. The Hall–Kier alpha value is -3.80. The number of aliphatic hydroxyl groups is 1. The predicted octanol–water partition coefficient (Wildman–Crippen LogP) is 4.36. The summed E-state index contributed by atoms with van der Waals surface area (Å²) in [6, 6.07) is 18.5. The SMILES string of the molecule is O=C(CCc1ccccc1)C1=C(O)C(=O)N(CCc2ccc(F)cc2)C1c1ccncc1. The van der Waals surface area contributed by atoms with Gasteiger partial charge in [-0.25, -0.2) is 4.39 Å². The van der Waals surface area contributed by atoms with E-state index in [9.17, 15) is 19.1 Å². The highest BCUT2D eigenvalue weighted by molar-refractivity contribution is 6.09. The number of halogens is 1. The van der Waals surface area contributed by atoms with Crippen molar-refractivity contribution < 1.29 is 19.1 Å². The first kappa shape index (κ1) is 21.4. The maximum absolute atomic E-state index is 13.2. The van der Waals surface area contributed by atoms with E-state index in [2.05, 4.69) is 4.98 Å². The minimum absolute atomic E-state index is 0.122. The molecule has 1 N–H and O–H groups in total. The Labute approximate surface area is 185 Å². The van der Waals surface area contributed by atoms with Crippen LogP contribution in [0.25, 0.3) is 0 Å². The van der Waals surface area contributed by atoms with Crippen molar-refractivity contribution in [2.45, 2.75) is 25.3 Å². The molecule has 1 aliphatic rings. The number of ketones is 1. The van der Waals surface area contributed by atoms with Gasteiger partial charge in [-0.05, 0) is 53.8 Å². The van der Waals surface area contributed by atoms with Crippen LogP contribution in [0, 0.1) is 5.82 Å². The van der Waals surface area contributed by atoms with Crippen molar-refractivity contribution in [2.75, 3.05) is 6.54 Å². The Morgan fingerprint density at radius 1 is 0.938 bits per heavy atom. The largest absolute Gasteiger partial charge is 0.503 e. The van der Waals surface area contributed by atoms with Crippen molar-refractivity contribution in [1.82, 2.24) is 9.88 Å². The van der Waals surface area contributed by atoms with E-state index in [-0.39, 0.29) is 30.1 Å². The quantitative estimate of drug-likeness (QED) is 0.577. The van der Waals surface area contributed by atoms with E-state index >= 15 is 0 Å². The van der Waals surface area contributed by atoms with Crippen LogP contribution in [0.1, 0.15) is 29.2 Å². The van der Waals surface area contributed by atoms with Crippen LogP contribution in [-0.4, -0.2) is 33.2 Å². The summed E-state index contributed by atoms with van der Waals surface area (Å²) in [7, 11) is 0. The fourth-order valence-corrected chi connectivity index (χ4v) is 4.00. The number of pyridine rings is 1. The summed E-state index contributed by atoms with van der Waals surface area (Å²) in [6.45, 7) is 0.275. The number of aromatic nitrogens is 1. The molecule has 0 fully saturated rings. The Bertz CT molecular complexity index is 1130. The molecule has 0 saturated carbocycles. The highest BCUT2D eigenvalue weighted by atomic mass is 19.1. The average molecular weight is 430 g/mol. The number of Topliss-reactive ketones (excluding diaryl/α,β-unsaturated/α-hetero) is 1. The second-order valence-corrected chi connectivity index (χ2v) is 7.73. The second-order valence-electron chi connectivity index (χ2n) is 7.73. The van der Waals surface area contributed by atoms with E-state index in [1.54, 1.807) is 36.7 Å². The maximum atomic E-state index is 13.2. The normalized spacial score (nSPS) is 16.0. The monoisotopic (exact) mass is 430 g/mol. The van der Waals surface area contributed by atoms with Crippen molar-refractivity contribution in [3.63, 3.8) is 0 Å². The lowest BCUT2D eigenvalue weighted by molar-refractivity contribution is -0.129. The van der Waals surface area contributed by atoms with Crippen LogP contribution in [0.15, 0.2) is 90.5 Å². The molecule has 1 unspecified atom stereocenters. The Morgan fingerprint density at radius 2 is 1.59 bits per heavy atom. The highest BCUT2D eigenvalue weighted by Crippen LogP contribution is 2.38. The van der Waals surface area contributed by atoms with Gasteiger partial charge in [-0.2, -0.15) is 0 Å². The summed E-state index contributed by atoms with van der Waals surface area (Å²) in [6.07, 6.45) is 4.36. The lowest BCUT2D eigenvalue weighted by Crippen LogP contribution is -2.33. The van der Waals surface area contributed by atoms with Crippen LogP contribution in [0.5, 0.6) is 0 Å². The lowest BCUT2D eigenvalue weighted by Gasteiger charge is -2.27. The molecule has 2 aromatic carbocycles. The number of carbonyl (C=O) groups is 2. The third-order valence-corrected chi connectivity index (χ3v) is 5.66. The van der Waals surface area contributed by atoms with Crippen LogP contribution in [-0.2, 0) is 22.4 Å². The zero-order valence-corrected chi connectivity index (χ0v) is 17.4. The standard InChI is InChI=1S/C26H23FN2O3/c27-21-9-6-19(7-10-21)14-17-29-24(20-12-15-28-16-13-20)23(25(31)26(29)32)22(30)11-8-18-4-2-1-3-5-18/h1-7,9-10,12-13,15-16,24,31H,8,11,14,17H2. The zero-order chi connectivity index (χ0) is 22.5. The summed E-state index contributed by atoms with van der Waals surface area (Å²) in [4.78, 5) is 31.6. The topological polar surface area (TPSA) is 70.5 Å². The number of nitrogens with zero attached hydrogens (tertiary/aromatic N) is 2. The van der Waals surface area contributed by atoms with Crippen molar-refractivity contribution in [2.24, 2.45) is 0 Å². The van der Waals surface area contributed by atoms with E-state index in [1.807, 2.05) is 30.3 Å². The maximum Gasteiger partial charge on any atom is 0.290 e. The van der Waals surface area contributed by atoms with Crippen LogP contribution in [0.2, 0.25) is 0 Å². The molecular formula is C26H23FN2O3. The van der Waals surface area contributed by atoms with Gasteiger partial charge in [0.1, 0.15) is 5.82 Å². The first-order valence-corrected chi connectivity index (χ1v) is 10.5. The molecule has 0 aliphatic carbocycles. The van der Waals surface area contributed by atoms with Gasteiger partial charge in [0.05, 0.1) is 11.6 Å². The van der Waals surface area contributed by atoms with Crippen molar-refractivity contribution in [3.8, 4) is 0 Å². The van der Waals surface area contributed by atoms with Gasteiger partial charge in [-0.1, -0.05) is 42.5 Å². The van der Waals surface area contributed by atoms with Crippen LogP contribution >= 0.6 is 0 Å². The number of aryl methyl sites for hydroxylation is 1. The summed E-state index contributed by atoms with van der Waals surface area (Å²) in [5, 5.41) is 10.7. The van der Waals surface area contributed by atoms with Crippen LogP contribution < -0.4 is 0 Å². The summed E-state index contributed by atoms with van der Waals surface area (Å²) in [5.41, 5.74) is 2.70. The third kappa shape index (κ3) is 4.59. The van der Waals surface area contributed by atoms with Gasteiger partial charge in [0, 0.05) is 25.4 Å². The molecule has 6 heteroatoms. The van der Waals surface area contributed by atoms with Crippen molar-refractivity contribution >= 4 is 11.7 Å². The minimum Gasteiger partial charge on any atom is -0.503 e. The first-order valence-electron chi connectivity index (χ1n) is 10.5. The molecule has 3 aromatic rings. The number of hydrogen-bond donors (Lipinski definition) is 1. The van der Waals surface area contributed by atoms with Crippen molar-refractivity contribution in [1.29, 1.82) is 0 Å². The van der Waals surface area contributed by atoms with Gasteiger partial charge in [-0.15, -0.1) is 0 Å². The molecule has 0 radical (unpaired) electrons. The predicted molar refractivity (Wildman–Crippen MR) is 118 cm³/mol. The lowest BCUT2D eigenvalue weighted by atomic mass is 9.93. The fourth-order valence-electron chi connectivity index (χ4n) is 4.00. The number of amides is 1. The molecule has 32 heavy (non-hydrogen) atoms. The molecule has 1 aliphatic heterocycles. The van der Waals surface area contributed by atoms with Gasteiger partial charge in [0.15, 0.2) is 11.5 Å². The van der Waals surface area contributed by atoms with E-state index in [4.69, 9.17) is 0 Å². The molecule has 5 nitrogen and oxygen atoms in total. The van der Waals surface area contributed by atoms with Gasteiger partial charge < -0.3 is 10.0 Å². The van der Waals surface area contributed by atoms with E-state index < -0.39 is 17.7 Å². The molecule has 0 bridgehead atoms. The third-order valence-electron chi connectivity index (χ3n) is 5.66. The first-order chi connectivity index (χ1) is 15.5. The smallest absolute Gasteiger partial charge is 0.290 e. The molecule has 1 atom stereocenters. The summed E-state index contributed by atoms with van der Waals surface area (Å²) >= 11 is 0. The van der Waals surface area contributed by atoms with Crippen molar-refractivity contribution in [3.05, 3.63) is 113 Å². The van der Waals surface area contributed by atoms with E-state index in [0.29, 0.717) is 18.4 Å². The highest BCUT2D eigenvalue weighted by Gasteiger charge is 2.42. The van der Waals surface area contributed by atoms with Gasteiger partial charge in [0.25, 0.3) is 5.91 Å². The molecule has 2 heterocycles. The minimum atomic E-state index is -0.686. The molecule has 0 saturated heterocycles.